The van der Waals surface area contributed by atoms with Crippen LogP contribution >= 0.6 is 11.3 Å². The van der Waals surface area contributed by atoms with Crippen molar-refractivity contribution in [2.24, 2.45) is 4.99 Å². The summed E-state index contributed by atoms with van der Waals surface area (Å²) >= 11 is 1.15. The van der Waals surface area contributed by atoms with Crippen LogP contribution in [0.15, 0.2) is 69.6 Å². The van der Waals surface area contributed by atoms with Gasteiger partial charge in [0.1, 0.15) is 10.3 Å². The molecule has 1 atom stereocenters. The van der Waals surface area contributed by atoms with Gasteiger partial charge in [0.05, 0.1) is 41.8 Å². The van der Waals surface area contributed by atoms with E-state index < -0.39 is 12.0 Å². The number of para-hydroxylation sites is 1. The summed E-state index contributed by atoms with van der Waals surface area (Å²) < 4.78 is 12.6. The molecule has 0 spiro atoms. The van der Waals surface area contributed by atoms with E-state index in [9.17, 15) is 14.4 Å². The molecule has 3 heterocycles. The zero-order chi connectivity index (χ0) is 25.7. The molecule has 0 unspecified atom stereocenters. The SMILES string of the molecule is COc1ccc([C@@H]2C(C(=O)OC(C)C)=C(C)N=c3s/c(=C4\C(=O)N(C)c5ccccc54)c(=O)n32)cc1. The number of thiazole rings is 1. The number of carbonyl (C=O) groups excluding carboxylic acids is 2. The molecular weight excluding hydrogens is 478 g/mol. The molecule has 2 aromatic carbocycles. The minimum Gasteiger partial charge on any atom is -0.497 e. The average Bonchev–Trinajstić information content (AvgIpc) is 3.30. The van der Waals surface area contributed by atoms with Gasteiger partial charge in [-0.15, -0.1) is 0 Å². The summed E-state index contributed by atoms with van der Waals surface area (Å²) in [6, 6.07) is 13.8. The summed E-state index contributed by atoms with van der Waals surface area (Å²) in [5, 5.41) is 0. The summed E-state index contributed by atoms with van der Waals surface area (Å²) in [6.07, 6.45) is -0.343. The predicted molar refractivity (Wildman–Crippen MR) is 137 cm³/mol. The zero-order valence-corrected chi connectivity index (χ0v) is 21.4. The second-order valence-electron chi connectivity index (χ2n) is 8.89. The lowest BCUT2D eigenvalue weighted by Gasteiger charge is -2.25. The summed E-state index contributed by atoms with van der Waals surface area (Å²) in [6.45, 7) is 5.28. The number of allylic oxidation sites excluding steroid dienone is 1. The van der Waals surface area contributed by atoms with Crippen molar-refractivity contribution in [1.82, 2.24) is 4.57 Å². The van der Waals surface area contributed by atoms with E-state index in [1.165, 1.54) is 4.57 Å². The number of carbonyl (C=O) groups is 2. The number of esters is 1. The Balaban J connectivity index is 1.80. The van der Waals surface area contributed by atoms with Crippen LogP contribution in [0.3, 0.4) is 0 Å². The monoisotopic (exact) mass is 503 g/mol. The van der Waals surface area contributed by atoms with Gasteiger partial charge in [0.15, 0.2) is 4.80 Å². The van der Waals surface area contributed by atoms with Crippen LogP contribution in [0.2, 0.25) is 0 Å². The van der Waals surface area contributed by atoms with Crippen molar-refractivity contribution < 1.29 is 19.1 Å². The van der Waals surface area contributed by atoms with Crippen molar-refractivity contribution in [3.8, 4) is 5.75 Å². The van der Waals surface area contributed by atoms with Gasteiger partial charge in [-0.25, -0.2) is 9.79 Å². The smallest absolute Gasteiger partial charge is 0.338 e. The molecule has 1 amide bonds. The van der Waals surface area contributed by atoms with Crippen LogP contribution in [0.1, 0.15) is 37.9 Å². The Labute approximate surface area is 211 Å². The molecule has 0 aliphatic carbocycles. The number of fused-ring (bicyclic) bond motifs is 2. The normalized spacial score (nSPS) is 18.2. The molecule has 0 saturated heterocycles. The maximum absolute atomic E-state index is 14.0. The lowest BCUT2D eigenvalue weighted by atomic mass is 9.95. The van der Waals surface area contributed by atoms with Crippen LogP contribution in [0.4, 0.5) is 5.69 Å². The highest BCUT2D eigenvalue weighted by Crippen LogP contribution is 2.35. The molecule has 184 valence electrons. The number of methoxy groups -OCH3 is 1. The lowest BCUT2D eigenvalue weighted by molar-refractivity contribution is -0.143. The number of benzene rings is 2. The number of hydrogen-bond acceptors (Lipinski definition) is 7. The van der Waals surface area contributed by atoms with Gasteiger partial charge in [0, 0.05) is 12.6 Å². The fourth-order valence-electron chi connectivity index (χ4n) is 4.60. The highest BCUT2D eigenvalue weighted by molar-refractivity contribution is 7.07. The molecule has 2 aliphatic rings. The maximum Gasteiger partial charge on any atom is 0.338 e. The fourth-order valence-corrected chi connectivity index (χ4v) is 5.74. The van der Waals surface area contributed by atoms with Crippen LogP contribution in [-0.2, 0) is 14.3 Å². The van der Waals surface area contributed by atoms with E-state index in [1.807, 2.05) is 36.4 Å². The molecule has 2 aliphatic heterocycles. The zero-order valence-electron chi connectivity index (χ0n) is 20.6. The van der Waals surface area contributed by atoms with E-state index in [0.29, 0.717) is 37.5 Å². The molecule has 9 heteroatoms. The van der Waals surface area contributed by atoms with Crippen molar-refractivity contribution in [1.29, 1.82) is 0 Å². The van der Waals surface area contributed by atoms with Gasteiger partial charge in [0.2, 0.25) is 0 Å². The Bertz CT molecular complexity index is 1610. The molecule has 36 heavy (non-hydrogen) atoms. The quantitative estimate of drug-likeness (QED) is 0.511. The third kappa shape index (κ3) is 3.67. The first kappa shape index (κ1) is 23.7. The largest absolute Gasteiger partial charge is 0.497 e. The van der Waals surface area contributed by atoms with Gasteiger partial charge in [-0.05, 0) is 44.5 Å². The summed E-state index contributed by atoms with van der Waals surface area (Å²) in [5.41, 5.74) is 2.86. The fraction of sp³-hybridized carbons (Fsp3) is 0.259. The van der Waals surface area contributed by atoms with Gasteiger partial charge in [0.25, 0.3) is 11.5 Å². The Morgan fingerprint density at radius 3 is 2.44 bits per heavy atom. The number of rotatable bonds is 4. The van der Waals surface area contributed by atoms with E-state index in [2.05, 4.69) is 4.99 Å². The van der Waals surface area contributed by atoms with Crippen molar-refractivity contribution >= 4 is 34.5 Å². The summed E-state index contributed by atoms with van der Waals surface area (Å²) in [5.74, 6) is -0.138. The maximum atomic E-state index is 14.0. The first-order valence-corrected chi connectivity index (χ1v) is 12.3. The summed E-state index contributed by atoms with van der Waals surface area (Å²) in [4.78, 5) is 47.0. The van der Waals surface area contributed by atoms with E-state index in [-0.39, 0.29) is 23.1 Å². The average molecular weight is 504 g/mol. The summed E-state index contributed by atoms with van der Waals surface area (Å²) in [7, 11) is 3.26. The first-order chi connectivity index (χ1) is 17.2. The molecule has 1 aromatic heterocycles. The number of ether oxygens (including phenoxy) is 2. The van der Waals surface area contributed by atoms with Gasteiger partial charge in [-0.2, -0.15) is 0 Å². The highest BCUT2D eigenvalue weighted by atomic mass is 32.1. The van der Waals surface area contributed by atoms with Gasteiger partial charge in [-0.3, -0.25) is 14.2 Å². The molecule has 8 nitrogen and oxygen atoms in total. The molecule has 5 rings (SSSR count). The molecular formula is C27H25N3O5S. The Morgan fingerprint density at radius 1 is 1.08 bits per heavy atom. The number of amides is 1. The number of hydrogen-bond donors (Lipinski definition) is 0. The molecule has 0 radical (unpaired) electrons. The van der Waals surface area contributed by atoms with Gasteiger partial charge in [-0.1, -0.05) is 41.7 Å². The van der Waals surface area contributed by atoms with Gasteiger partial charge >= 0.3 is 5.97 Å². The van der Waals surface area contributed by atoms with E-state index >= 15 is 0 Å². The Hall–Kier alpha value is -3.98. The highest BCUT2D eigenvalue weighted by Gasteiger charge is 2.36. The second kappa shape index (κ2) is 8.91. The minimum atomic E-state index is -0.766. The van der Waals surface area contributed by atoms with Crippen molar-refractivity contribution in [3.05, 3.63) is 90.6 Å². The molecule has 0 saturated carbocycles. The molecule has 0 N–H and O–H groups in total. The van der Waals surface area contributed by atoms with E-state index in [4.69, 9.17) is 9.47 Å². The third-order valence-electron chi connectivity index (χ3n) is 6.27. The van der Waals surface area contributed by atoms with Crippen LogP contribution in [0.5, 0.6) is 5.75 Å². The molecule has 3 aromatic rings. The van der Waals surface area contributed by atoms with Crippen molar-refractivity contribution in [2.45, 2.75) is 32.9 Å². The first-order valence-electron chi connectivity index (χ1n) is 11.5. The van der Waals surface area contributed by atoms with E-state index in [1.54, 1.807) is 52.0 Å². The third-order valence-corrected chi connectivity index (χ3v) is 7.33. The number of aromatic nitrogens is 1. The Morgan fingerprint density at radius 2 is 1.78 bits per heavy atom. The topological polar surface area (TPSA) is 90.2 Å². The molecule has 0 fully saturated rings. The predicted octanol–water partition coefficient (Wildman–Crippen LogP) is 2.54. The van der Waals surface area contributed by atoms with Crippen molar-refractivity contribution in [2.75, 3.05) is 19.1 Å². The lowest BCUT2D eigenvalue weighted by Crippen LogP contribution is -2.41. The second-order valence-corrected chi connectivity index (χ2v) is 9.86. The van der Waals surface area contributed by atoms with Crippen LogP contribution in [0.25, 0.3) is 5.57 Å². The van der Waals surface area contributed by atoms with E-state index in [0.717, 1.165) is 17.0 Å². The van der Waals surface area contributed by atoms with Gasteiger partial charge < -0.3 is 14.4 Å². The van der Waals surface area contributed by atoms with Crippen LogP contribution in [-0.4, -0.2) is 36.7 Å². The van der Waals surface area contributed by atoms with Crippen LogP contribution < -0.4 is 24.5 Å². The number of anilines is 1. The number of nitrogens with zero attached hydrogens (tertiary/aromatic N) is 3. The molecule has 0 bridgehead atoms. The van der Waals surface area contributed by atoms with Crippen molar-refractivity contribution in [3.63, 3.8) is 0 Å². The minimum absolute atomic E-state index is 0.252. The number of likely N-dealkylation sites (N-methyl/N-ethyl adjacent to an activating group) is 1. The van der Waals surface area contributed by atoms with Crippen LogP contribution in [0, 0.1) is 0 Å². The Kier molecular flexibility index (Phi) is 5.88. The standard InChI is InChI=1S/C27H25N3O5S/c1-14(2)35-26(33)20-15(3)28-27-30(22(20)16-10-12-17(34-5)13-11-16)25(32)23(36-27)21-18-8-6-7-9-19(18)29(4)24(21)31/h6-14,22H,1-5H3/b23-21-/t22-/m1/s1.